The van der Waals surface area contributed by atoms with Crippen LogP contribution in [0.4, 0.5) is 0 Å². The Labute approximate surface area is 75.7 Å². The van der Waals surface area contributed by atoms with Crippen molar-refractivity contribution in [1.29, 1.82) is 0 Å². The van der Waals surface area contributed by atoms with Gasteiger partial charge in [-0.3, -0.25) is 0 Å². The topological polar surface area (TPSA) is 26.0 Å². The molecule has 0 fully saturated rings. The molecule has 0 aliphatic heterocycles. The molecule has 1 aromatic rings. The van der Waals surface area contributed by atoms with Crippen LogP contribution in [-0.4, -0.2) is 0 Å². The van der Waals surface area contributed by atoms with Crippen LogP contribution in [0.5, 0.6) is 0 Å². The molecule has 1 unspecified atom stereocenters. The maximum atomic E-state index is 5.73. The van der Waals surface area contributed by atoms with E-state index in [1.165, 1.54) is 11.1 Å². The van der Waals surface area contributed by atoms with E-state index in [4.69, 9.17) is 5.73 Å². The van der Waals surface area contributed by atoms with E-state index < -0.39 is 0 Å². The molecule has 1 rings (SSSR count). The van der Waals surface area contributed by atoms with Crippen molar-refractivity contribution in [2.24, 2.45) is 5.73 Å². The SMILES string of the molecule is Cc1cc(Br)cc(C(C)N)c1. The second-order valence-electron chi connectivity index (χ2n) is 2.85. The number of rotatable bonds is 1. The van der Waals surface area contributed by atoms with Gasteiger partial charge < -0.3 is 5.73 Å². The number of aryl methyl sites for hydroxylation is 1. The molecule has 11 heavy (non-hydrogen) atoms. The van der Waals surface area contributed by atoms with Crippen molar-refractivity contribution in [1.82, 2.24) is 0 Å². The van der Waals surface area contributed by atoms with E-state index in [-0.39, 0.29) is 6.04 Å². The van der Waals surface area contributed by atoms with Gasteiger partial charge in [0.15, 0.2) is 0 Å². The first-order valence-corrected chi connectivity index (χ1v) is 4.41. The zero-order chi connectivity index (χ0) is 8.43. The van der Waals surface area contributed by atoms with Crippen molar-refractivity contribution in [2.45, 2.75) is 19.9 Å². The van der Waals surface area contributed by atoms with Gasteiger partial charge in [0.05, 0.1) is 0 Å². The predicted octanol–water partition coefficient (Wildman–Crippen LogP) is 2.78. The largest absolute Gasteiger partial charge is 0.324 e. The van der Waals surface area contributed by atoms with Crippen molar-refractivity contribution >= 4 is 15.9 Å². The first-order chi connectivity index (χ1) is 5.09. The fourth-order valence-electron chi connectivity index (χ4n) is 1.03. The smallest absolute Gasteiger partial charge is 0.0266 e. The molecule has 0 aliphatic rings. The molecule has 2 heteroatoms. The van der Waals surface area contributed by atoms with Gasteiger partial charge in [-0.25, -0.2) is 0 Å². The maximum Gasteiger partial charge on any atom is 0.0266 e. The van der Waals surface area contributed by atoms with E-state index in [0.29, 0.717) is 0 Å². The number of benzene rings is 1. The van der Waals surface area contributed by atoms with Gasteiger partial charge in [0.1, 0.15) is 0 Å². The normalized spacial score (nSPS) is 13.1. The lowest BCUT2D eigenvalue weighted by atomic mass is 10.1. The Balaban J connectivity index is 3.08. The van der Waals surface area contributed by atoms with Crippen molar-refractivity contribution in [3.05, 3.63) is 33.8 Å². The Kier molecular flexibility index (Phi) is 2.68. The highest BCUT2D eigenvalue weighted by atomic mass is 79.9. The van der Waals surface area contributed by atoms with Crippen molar-refractivity contribution in [3.63, 3.8) is 0 Å². The Bertz CT molecular complexity index is 235. The van der Waals surface area contributed by atoms with Gasteiger partial charge in [0, 0.05) is 10.5 Å². The van der Waals surface area contributed by atoms with Crippen LogP contribution in [0, 0.1) is 6.92 Å². The second kappa shape index (κ2) is 3.37. The quantitative estimate of drug-likeness (QED) is 0.764. The highest BCUT2D eigenvalue weighted by Gasteiger charge is 2.00. The van der Waals surface area contributed by atoms with Gasteiger partial charge in [-0.2, -0.15) is 0 Å². The highest BCUT2D eigenvalue weighted by Crippen LogP contribution is 2.18. The summed E-state index contributed by atoms with van der Waals surface area (Å²) in [7, 11) is 0. The highest BCUT2D eigenvalue weighted by molar-refractivity contribution is 9.10. The van der Waals surface area contributed by atoms with Gasteiger partial charge in [-0.05, 0) is 37.1 Å². The van der Waals surface area contributed by atoms with Crippen LogP contribution in [-0.2, 0) is 0 Å². The summed E-state index contributed by atoms with van der Waals surface area (Å²) in [6.45, 7) is 4.05. The first kappa shape index (κ1) is 8.75. The van der Waals surface area contributed by atoms with Gasteiger partial charge in [0.25, 0.3) is 0 Å². The molecule has 0 heterocycles. The number of hydrogen-bond donors (Lipinski definition) is 1. The minimum atomic E-state index is 0.117. The lowest BCUT2D eigenvalue weighted by Gasteiger charge is -2.06. The molecule has 2 N–H and O–H groups in total. The van der Waals surface area contributed by atoms with Crippen LogP contribution in [0.2, 0.25) is 0 Å². The van der Waals surface area contributed by atoms with Gasteiger partial charge in [0.2, 0.25) is 0 Å². The molecule has 0 amide bonds. The fourth-order valence-corrected chi connectivity index (χ4v) is 1.65. The number of nitrogens with two attached hydrogens (primary N) is 1. The average molecular weight is 214 g/mol. The van der Waals surface area contributed by atoms with E-state index in [2.05, 4.69) is 41.1 Å². The Morgan fingerprint density at radius 1 is 1.36 bits per heavy atom. The Morgan fingerprint density at radius 2 is 2.00 bits per heavy atom. The molecule has 1 atom stereocenters. The summed E-state index contributed by atoms with van der Waals surface area (Å²) >= 11 is 3.43. The maximum absolute atomic E-state index is 5.73. The average Bonchev–Trinajstić information content (AvgIpc) is 1.85. The zero-order valence-corrected chi connectivity index (χ0v) is 8.35. The van der Waals surface area contributed by atoms with Crippen LogP contribution in [0.25, 0.3) is 0 Å². The van der Waals surface area contributed by atoms with Crippen molar-refractivity contribution < 1.29 is 0 Å². The van der Waals surface area contributed by atoms with Gasteiger partial charge in [-0.15, -0.1) is 0 Å². The standard InChI is InChI=1S/C9H12BrN/c1-6-3-8(7(2)11)5-9(10)4-6/h3-5,7H,11H2,1-2H3. The molecule has 0 bridgehead atoms. The Hall–Kier alpha value is -0.340. The minimum absolute atomic E-state index is 0.117. The molecular weight excluding hydrogens is 202 g/mol. The minimum Gasteiger partial charge on any atom is -0.324 e. The summed E-state index contributed by atoms with van der Waals surface area (Å²) < 4.78 is 1.10. The molecular formula is C9H12BrN. The number of halogens is 1. The summed E-state index contributed by atoms with van der Waals surface area (Å²) in [5.41, 5.74) is 8.15. The lowest BCUT2D eigenvalue weighted by Crippen LogP contribution is -2.04. The van der Waals surface area contributed by atoms with Crippen LogP contribution in [0.15, 0.2) is 22.7 Å². The van der Waals surface area contributed by atoms with Crippen molar-refractivity contribution in [3.8, 4) is 0 Å². The fraction of sp³-hybridized carbons (Fsp3) is 0.333. The monoisotopic (exact) mass is 213 g/mol. The first-order valence-electron chi connectivity index (χ1n) is 3.62. The van der Waals surface area contributed by atoms with Gasteiger partial charge >= 0.3 is 0 Å². The summed E-state index contributed by atoms with van der Waals surface area (Å²) in [4.78, 5) is 0. The van der Waals surface area contributed by atoms with E-state index in [1.54, 1.807) is 0 Å². The third-order valence-corrected chi connectivity index (χ3v) is 2.05. The predicted molar refractivity (Wildman–Crippen MR) is 51.5 cm³/mol. The summed E-state index contributed by atoms with van der Waals surface area (Å²) in [5.74, 6) is 0. The molecule has 0 spiro atoms. The van der Waals surface area contributed by atoms with Gasteiger partial charge in [-0.1, -0.05) is 22.0 Å². The summed E-state index contributed by atoms with van der Waals surface area (Å²) in [6, 6.07) is 6.35. The van der Waals surface area contributed by atoms with E-state index >= 15 is 0 Å². The van der Waals surface area contributed by atoms with Crippen LogP contribution in [0.1, 0.15) is 24.1 Å². The molecule has 0 aromatic heterocycles. The van der Waals surface area contributed by atoms with E-state index in [0.717, 1.165) is 4.47 Å². The molecule has 60 valence electrons. The second-order valence-corrected chi connectivity index (χ2v) is 3.77. The Morgan fingerprint density at radius 3 is 2.45 bits per heavy atom. The molecule has 0 radical (unpaired) electrons. The van der Waals surface area contributed by atoms with Crippen LogP contribution < -0.4 is 5.73 Å². The summed E-state index contributed by atoms with van der Waals surface area (Å²) in [6.07, 6.45) is 0. The summed E-state index contributed by atoms with van der Waals surface area (Å²) in [5, 5.41) is 0. The van der Waals surface area contributed by atoms with Crippen molar-refractivity contribution in [2.75, 3.05) is 0 Å². The molecule has 1 aromatic carbocycles. The van der Waals surface area contributed by atoms with E-state index in [1.807, 2.05) is 6.92 Å². The number of hydrogen-bond acceptors (Lipinski definition) is 1. The van der Waals surface area contributed by atoms with Crippen LogP contribution in [0.3, 0.4) is 0 Å². The zero-order valence-electron chi connectivity index (χ0n) is 6.76. The third kappa shape index (κ3) is 2.31. The molecule has 0 aliphatic carbocycles. The lowest BCUT2D eigenvalue weighted by molar-refractivity contribution is 0.816. The third-order valence-electron chi connectivity index (χ3n) is 1.59. The van der Waals surface area contributed by atoms with E-state index in [9.17, 15) is 0 Å². The van der Waals surface area contributed by atoms with Crippen LogP contribution >= 0.6 is 15.9 Å². The molecule has 0 saturated heterocycles. The molecule has 0 saturated carbocycles. The molecule has 1 nitrogen and oxygen atoms in total.